The van der Waals surface area contributed by atoms with Crippen LogP contribution in [0.25, 0.3) is 0 Å². The van der Waals surface area contributed by atoms with Gasteiger partial charge in [0.25, 0.3) is 11.8 Å². The standard InChI is InChI=1S/C21H23N3O4/c1-23-10-12-24(13-11-23)20(26)17-5-3-4-16(14-17)19(25)22-18-8-6-15(7-9-18)21(27)28-2/h3-9,14H,10-13H2,1-2H3,(H,22,25). The summed E-state index contributed by atoms with van der Waals surface area (Å²) in [5.41, 5.74) is 1.85. The molecule has 0 unspecified atom stereocenters. The van der Waals surface area contributed by atoms with Crippen LogP contribution in [0.5, 0.6) is 0 Å². The molecule has 0 saturated carbocycles. The van der Waals surface area contributed by atoms with Gasteiger partial charge in [-0.25, -0.2) is 4.79 Å². The van der Waals surface area contributed by atoms with E-state index in [0.29, 0.717) is 35.5 Å². The number of anilines is 1. The molecule has 7 nitrogen and oxygen atoms in total. The summed E-state index contributed by atoms with van der Waals surface area (Å²) < 4.78 is 4.65. The number of piperazine rings is 1. The Bertz CT molecular complexity index is 871. The number of carbonyl (C=O) groups excluding carboxylic acids is 3. The number of nitrogens with one attached hydrogen (secondary N) is 1. The van der Waals surface area contributed by atoms with Crippen molar-refractivity contribution in [2.24, 2.45) is 0 Å². The minimum Gasteiger partial charge on any atom is -0.465 e. The van der Waals surface area contributed by atoms with E-state index in [0.717, 1.165) is 13.1 Å². The number of methoxy groups -OCH3 is 1. The van der Waals surface area contributed by atoms with Crippen LogP contribution >= 0.6 is 0 Å². The minimum absolute atomic E-state index is 0.0646. The van der Waals surface area contributed by atoms with Crippen LogP contribution in [0.3, 0.4) is 0 Å². The Morgan fingerprint density at radius 2 is 1.54 bits per heavy atom. The SMILES string of the molecule is COC(=O)c1ccc(NC(=O)c2cccc(C(=O)N3CCN(C)CC3)c2)cc1. The number of nitrogens with zero attached hydrogens (tertiary/aromatic N) is 2. The molecule has 1 heterocycles. The van der Waals surface area contributed by atoms with E-state index in [-0.39, 0.29) is 11.8 Å². The molecule has 1 aliphatic heterocycles. The molecule has 0 aliphatic carbocycles. The minimum atomic E-state index is -0.437. The Labute approximate surface area is 163 Å². The average molecular weight is 381 g/mol. The van der Waals surface area contributed by atoms with Gasteiger partial charge in [0, 0.05) is 43.0 Å². The normalized spacial score (nSPS) is 14.4. The van der Waals surface area contributed by atoms with Gasteiger partial charge in [-0.05, 0) is 49.5 Å². The zero-order valence-corrected chi connectivity index (χ0v) is 16.0. The number of hydrogen-bond donors (Lipinski definition) is 1. The van der Waals surface area contributed by atoms with Crippen LogP contribution in [0.2, 0.25) is 0 Å². The molecule has 0 bridgehead atoms. The molecule has 2 amide bonds. The lowest BCUT2D eigenvalue weighted by molar-refractivity contribution is 0.0599. The van der Waals surface area contributed by atoms with Gasteiger partial charge < -0.3 is 19.9 Å². The fourth-order valence-corrected chi connectivity index (χ4v) is 3.00. The fraction of sp³-hybridized carbons (Fsp3) is 0.286. The predicted molar refractivity (Wildman–Crippen MR) is 106 cm³/mol. The van der Waals surface area contributed by atoms with Gasteiger partial charge in [-0.2, -0.15) is 0 Å². The predicted octanol–water partition coefficient (Wildman–Crippen LogP) is 2.11. The van der Waals surface area contributed by atoms with E-state index in [1.54, 1.807) is 48.5 Å². The summed E-state index contributed by atoms with van der Waals surface area (Å²) in [6.07, 6.45) is 0. The van der Waals surface area contributed by atoms with E-state index in [1.807, 2.05) is 11.9 Å². The maximum Gasteiger partial charge on any atom is 0.337 e. The molecular weight excluding hydrogens is 358 g/mol. The van der Waals surface area contributed by atoms with Crippen molar-refractivity contribution in [3.63, 3.8) is 0 Å². The number of likely N-dealkylation sites (N-methyl/N-ethyl adjacent to an activating group) is 1. The quantitative estimate of drug-likeness (QED) is 0.821. The molecule has 0 spiro atoms. The first-order chi connectivity index (χ1) is 13.5. The summed E-state index contributed by atoms with van der Waals surface area (Å²) >= 11 is 0. The first-order valence-corrected chi connectivity index (χ1v) is 9.05. The highest BCUT2D eigenvalue weighted by atomic mass is 16.5. The molecule has 0 radical (unpaired) electrons. The van der Waals surface area contributed by atoms with Crippen molar-refractivity contribution in [3.05, 3.63) is 65.2 Å². The number of benzene rings is 2. The molecular formula is C21H23N3O4. The van der Waals surface area contributed by atoms with Crippen molar-refractivity contribution in [1.82, 2.24) is 9.80 Å². The number of amides is 2. The monoisotopic (exact) mass is 381 g/mol. The van der Waals surface area contributed by atoms with Gasteiger partial charge in [-0.1, -0.05) is 6.07 Å². The third kappa shape index (κ3) is 4.55. The molecule has 1 saturated heterocycles. The van der Waals surface area contributed by atoms with E-state index in [1.165, 1.54) is 7.11 Å². The van der Waals surface area contributed by atoms with Gasteiger partial charge in [0.05, 0.1) is 12.7 Å². The third-order valence-corrected chi connectivity index (χ3v) is 4.73. The molecule has 3 rings (SSSR count). The Balaban J connectivity index is 1.68. The summed E-state index contributed by atoms with van der Waals surface area (Å²) in [7, 11) is 3.35. The molecule has 146 valence electrons. The molecule has 1 fully saturated rings. The molecule has 7 heteroatoms. The molecule has 2 aromatic carbocycles. The first kappa shape index (κ1) is 19.6. The molecule has 28 heavy (non-hydrogen) atoms. The van der Waals surface area contributed by atoms with Gasteiger partial charge >= 0.3 is 5.97 Å². The highest BCUT2D eigenvalue weighted by Crippen LogP contribution is 2.14. The number of rotatable bonds is 4. The number of hydrogen-bond acceptors (Lipinski definition) is 5. The largest absolute Gasteiger partial charge is 0.465 e. The number of carbonyl (C=O) groups is 3. The van der Waals surface area contributed by atoms with E-state index < -0.39 is 5.97 Å². The summed E-state index contributed by atoms with van der Waals surface area (Å²) in [6, 6.07) is 13.1. The lowest BCUT2D eigenvalue weighted by Gasteiger charge is -2.32. The second-order valence-electron chi connectivity index (χ2n) is 6.70. The smallest absolute Gasteiger partial charge is 0.337 e. The second-order valence-corrected chi connectivity index (χ2v) is 6.70. The summed E-state index contributed by atoms with van der Waals surface area (Å²) in [6.45, 7) is 3.04. The van der Waals surface area contributed by atoms with Crippen molar-refractivity contribution in [1.29, 1.82) is 0 Å². The lowest BCUT2D eigenvalue weighted by atomic mass is 10.1. The highest BCUT2D eigenvalue weighted by molar-refractivity contribution is 6.06. The van der Waals surface area contributed by atoms with Crippen molar-refractivity contribution in [2.45, 2.75) is 0 Å². The Hall–Kier alpha value is -3.19. The van der Waals surface area contributed by atoms with E-state index in [2.05, 4.69) is 15.0 Å². The Morgan fingerprint density at radius 3 is 2.18 bits per heavy atom. The molecule has 2 aromatic rings. The fourth-order valence-electron chi connectivity index (χ4n) is 3.00. The van der Waals surface area contributed by atoms with Gasteiger partial charge in [0.2, 0.25) is 0 Å². The molecule has 1 N–H and O–H groups in total. The Morgan fingerprint density at radius 1 is 0.893 bits per heavy atom. The van der Waals surface area contributed by atoms with E-state index in [9.17, 15) is 14.4 Å². The van der Waals surface area contributed by atoms with E-state index >= 15 is 0 Å². The summed E-state index contributed by atoms with van der Waals surface area (Å²) in [5.74, 6) is -0.822. The zero-order valence-electron chi connectivity index (χ0n) is 16.0. The summed E-state index contributed by atoms with van der Waals surface area (Å²) in [4.78, 5) is 40.7. The van der Waals surface area contributed by atoms with Crippen molar-refractivity contribution in [3.8, 4) is 0 Å². The Kier molecular flexibility index (Phi) is 6.06. The van der Waals surface area contributed by atoms with Gasteiger partial charge in [-0.15, -0.1) is 0 Å². The van der Waals surface area contributed by atoms with Crippen molar-refractivity contribution in [2.75, 3.05) is 45.7 Å². The number of esters is 1. The first-order valence-electron chi connectivity index (χ1n) is 9.05. The van der Waals surface area contributed by atoms with Gasteiger partial charge in [-0.3, -0.25) is 9.59 Å². The average Bonchev–Trinajstić information content (AvgIpc) is 2.74. The third-order valence-electron chi connectivity index (χ3n) is 4.73. The van der Waals surface area contributed by atoms with Crippen molar-refractivity contribution < 1.29 is 19.1 Å². The van der Waals surface area contributed by atoms with Crippen LogP contribution < -0.4 is 5.32 Å². The molecule has 0 atom stereocenters. The second kappa shape index (κ2) is 8.67. The van der Waals surface area contributed by atoms with Gasteiger partial charge in [0.1, 0.15) is 0 Å². The topological polar surface area (TPSA) is 78.9 Å². The highest BCUT2D eigenvalue weighted by Gasteiger charge is 2.21. The van der Waals surface area contributed by atoms with Crippen LogP contribution in [0.4, 0.5) is 5.69 Å². The maximum atomic E-state index is 12.7. The van der Waals surface area contributed by atoms with Crippen LogP contribution in [-0.2, 0) is 4.74 Å². The summed E-state index contributed by atoms with van der Waals surface area (Å²) in [5, 5.41) is 2.77. The van der Waals surface area contributed by atoms with Gasteiger partial charge in [0.15, 0.2) is 0 Å². The van der Waals surface area contributed by atoms with Crippen LogP contribution in [0.15, 0.2) is 48.5 Å². The number of ether oxygens (including phenoxy) is 1. The molecule has 0 aromatic heterocycles. The van der Waals surface area contributed by atoms with Crippen LogP contribution in [-0.4, -0.2) is 67.9 Å². The lowest BCUT2D eigenvalue weighted by Crippen LogP contribution is -2.47. The maximum absolute atomic E-state index is 12.7. The van der Waals surface area contributed by atoms with Crippen molar-refractivity contribution >= 4 is 23.5 Å². The zero-order chi connectivity index (χ0) is 20.1. The van der Waals surface area contributed by atoms with Crippen LogP contribution in [0.1, 0.15) is 31.1 Å². The molecule has 1 aliphatic rings. The van der Waals surface area contributed by atoms with E-state index in [4.69, 9.17) is 0 Å². The van der Waals surface area contributed by atoms with Crippen LogP contribution in [0, 0.1) is 0 Å².